The summed E-state index contributed by atoms with van der Waals surface area (Å²) in [6.07, 6.45) is 6.60. The first-order valence-corrected chi connectivity index (χ1v) is 9.19. The number of nitrogens with one attached hydrogen (secondary N) is 1. The third kappa shape index (κ3) is 5.08. The second-order valence-corrected chi connectivity index (χ2v) is 6.92. The first-order chi connectivity index (χ1) is 12.6. The van der Waals surface area contributed by atoms with E-state index in [2.05, 4.69) is 16.5 Å². The maximum atomic E-state index is 12.3. The maximum absolute atomic E-state index is 12.3. The highest BCUT2D eigenvalue weighted by molar-refractivity contribution is 5.76. The van der Waals surface area contributed by atoms with Crippen molar-refractivity contribution in [2.45, 2.75) is 19.3 Å². The summed E-state index contributed by atoms with van der Waals surface area (Å²) in [7, 11) is 3.75. The van der Waals surface area contributed by atoms with Gasteiger partial charge in [-0.05, 0) is 61.7 Å². The van der Waals surface area contributed by atoms with Gasteiger partial charge in [-0.2, -0.15) is 5.10 Å². The van der Waals surface area contributed by atoms with E-state index in [1.807, 2.05) is 44.7 Å². The maximum Gasteiger partial charge on any atom is 0.222 e. The molecule has 1 aromatic carbocycles. The minimum atomic E-state index is 0.205. The molecule has 1 aromatic heterocycles. The molecular weight excluding hydrogens is 328 g/mol. The van der Waals surface area contributed by atoms with Crippen LogP contribution in [0.4, 0.5) is 0 Å². The van der Waals surface area contributed by atoms with E-state index in [4.69, 9.17) is 4.74 Å². The number of ether oxygens (including phenoxy) is 1. The van der Waals surface area contributed by atoms with E-state index in [9.17, 15) is 4.79 Å². The lowest BCUT2D eigenvalue weighted by molar-refractivity contribution is -0.131. The Hall–Kier alpha value is -2.34. The summed E-state index contributed by atoms with van der Waals surface area (Å²) in [6, 6.07) is 8.81. The fourth-order valence-corrected chi connectivity index (χ4v) is 3.18. The zero-order valence-corrected chi connectivity index (χ0v) is 15.6. The highest BCUT2D eigenvalue weighted by Crippen LogP contribution is 2.23. The molecule has 1 amide bonds. The number of aromatic nitrogens is 2. The number of rotatable bonds is 7. The molecule has 0 spiro atoms. The molecular formula is C20H27N4O2. The fourth-order valence-electron chi connectivity index (χ4n) is 3.18. The van der Waals surface area contributed by atoms with Crippen LogP contribution in [0.2, 0.25) is 0 Å². The molecule has 0 bridgehead atoms. The molecule has 1 N–H and O–H groups in total. The fraction of sp³-hybridized carbons (Fsp3) is 0.500. The Morgan fingerprint density at radius 1 is 1.38 bits per heavy atom. The molecule has 3 rings (SSSR count). The van der Waals surface area contributed by atoms with Crippen LogP contribution in [0.3, 0.4) is 0 Å². The van der Waals surface area contributed by atoms with Crippen molar-refractivity contribution in [1.29, 1.82) is 0 Å². The molecule has 139 valence electrons. The average molecular weight is 355 g/mol. The third-order valence-corrected chi connectivity index (χ3v) is 4.84. The Morgan fingerprint density at radius 2 is 2.19 bits per heavy atom. The number of carbonyl (C=O) groups excluding carboxylic acids is 1. The first-order valence-electron chi connectivity index (χ1n) is 9.19. The van der Waals surface area contributed by atoms with E-state index in [-0.39, 0.29) is 5.91 Å². The molecule has 0 atom stereocenters. The Morgan fingerprint density at radius 3 is 2.92 bits per heavy atom. The van der Waals surface area contributed by atoms with Crippen molar-refractivity contribution in [2.24, 2.45) is 13.0 Å². The number of piperidine rings is 1. The summed E-state index contributed by atoms with van der Waals surface area (Å²) in [5, 5.41) is 7.52. The third-order valence-electron chi connectivity index (χ3n) is 4.84. The Kier molecular flexibility index (Phi) is 6.28. The van der Waals surface area contributed by atoms with Gasteiger partial charge in [-0.3, -0.25) is 9.48 Å². The van der Waals surface area contributed by atoms with E-state index >= 15 is 0 Å². The minimum Gasteiger partial charge on any atom is -0.492 e. The van der Waals surface area contributed by atoms with Gasteiger partial charge in [0.25, 0.3) is 0 Å². The van der Waals surface area contributed by atoms with Crippen LogP contribution in [-0.4, -0.2) is 53.9 Å². The number of aryl methyl sites for hydroxylation is 1. The van der Waals surface area contributed by atoms with E-state index in [0.29, 0.717) is 25.5 Å². The molecule has 2 heterocycles. The van der Waals surface area contributed by atoms with Gasteiger partial charge in [0.15, 0.2) is 0 Å². The summed E-state index contributed by atoms with van der Waals surface area (Å²) in [4.78, 5) is 14.1. The predicted molar refractivity (Wildman–Crippen MR) is 101 cm³/mol. The number of hydrogen-bond acceptors (Lipinski definition) is 4. The van der Waals surface area contributed by atoms with Crippen LogP contribution < -0.4 is 10.1 Å². The van der Waals surface area contributed by atoms with E-state index in [0.717, 1.165) is 42.8 Å². The molecule has 6 heteroatoms. The molecule has 1 saturated heterocycles. The minimum absolute atomic E-state index is 0.205. The van der Waals surface area contributed by atoms with Crippen molar-refractivity contribution in [3.05, 3.63) is 36.7 Å². The van der Waals surface area contributed by atoms with Gasteiger partial charge in [0.05, 0.1) is 12.7 Å². The van der Waals surface area contributed by atoms with Crippen LogP contribution in [0, 0.1) is 12.0 Å². The molecule has 1 aliphatic rings. The van der Waals surface area contributed by atoms with Crippen molar-refractivity contribution in [3.63, 3.8) is 0 Å². The Labute approximate surface area is 155 Å². The number of amides is 1. The molecule has 1 fully saturated rings. The predicted octanol–water partition coefficient (Wildman–Crippen LogP) is 2.11. The van der Waals surface area contributed by atoms with Gasteiger partial charge >= 0.3 is 0 Å². The van der Waals surface area contributed by atoms with Gasteiger partial charge in [-0.1, -0.05) is 0 Å². The number of nitrogens with zero attached hydrogens (tertiary/aromatic N) is 3. The van der Waals surface area contributed by atoms with Gasteiger partial charge < -0.3 is 15.0 Å². The summed E-state index contributed by atoms with van der Waals surface area (Å²) >= 11 is 0. The second kappa shape index (κ2) is 8.85. The lowest BCUT2D eigenvalue weighted by atomic mass is 9.94. The number of benzene rings is 1. The van der Waals surface area contributed by atoms with Gasteiger partial charge in [0.2, 0.25) is 5.91 Å². The van der Waals surface area contributed by atoms with Crippen molar-refractivity contribution in [2.75, 3.05) is 33.3 Å². The number of likely N-dealkylation sites (N-methyl/N-ethyl adjacent to an activating group) is 1. The second-order valence-electron chi connectivity index (χ2n) is 6.92. The summed E-state index contributed by atoms with van der Waals surface area (Å²) in [6.45, 7) is 3.10. The average Bonchev–Trinajstić information content (AvgIpc) is 3.09. The van der Waals surface area contributed by atoms with Crippen molar-refractivity contribution in [3.8, 4) is 16.9 Å². The van der Waals surface area contributed by atoms with Crippen LogP contribution in [0.15, 0.2) is 30.6 Å². The quantitative estimate of drug-likeness (QED) is 0.826. The molecule has 0 unspecified atom stereocenters. The molecule has 1 radical (unpaired) electrons. The monoisotopic (exact) mass is 355 g/mol. The van der Waals surface area contributed by atoms with E-state index < -0.39 is 0 Å². The smallest absolute Gasteiger partial charge is 0.222 e. The molecule has 1 aliphatic heterocycles. The zero-order chi connectivity index (χ0) is 18.4. The standard InChI is InChI=1S/C20H27N4O2/c1-23(20(25)12-16-6-8-21-9-7-16)10-11-26-19-5-3-4-17(13-19)18-14-22-24(2)15-18/h4-5,13-16,21H,6-12H2,1-2H3. The van der Waals surface area contributed by atoms with E-state index in [1.54, 1.807) is 9.58 Å². The molecule has 26 heavy (non-hydrogen) atoms. The van der Waals surface area contributed by atoms with Crippen LogP contribution >= 0.6 is 0 Å². The highest BCUT2D eigenvalue weighted by atomic mass is 16.5. The van der Waals surface area contributed by atoms with Crippen LogP contribution in [0.1, 0.15) is 19.3 Å². The van der Waals surface area contributed by atoms with Crippen molar-refractivity contribution >= 4 is 5.91 Å². The molecule has 0 aliphatic carbocycles. The van der Waals surface area contributed by atoms with Gasteiger partial charge in [0.1, 0.15) is 12.4 Å². The van der Waals surface area contributed by atoms with Crippen LogP contribution in [0.25, 0.3) is 11.1 Å². The largest absolute Gasteiger partial charge is 0.492 e. The number of hydrogen-bond donors (Lipinski definition) is 1. The lowest BCUT2D eigenvalue weighted by Crippen LogP contribution is -2.35. The summed E-state index contributed by atoms with van der Waals surface area (Å²) < 4.78 is 7.59. The molecule has 6 nitrogen and oxygen atoms in total. The highest BCUT2D eigenvalue weighted by Gasteiger charge is 2.19. The lowest BCUT2D eigenvalue weighted by Gasteiger charge is -2.25. The summed E-state index contributed by atoms with van der Waals surface area (Å²) in [5.74, 6) is 1.47. The van der Waals surface area contributed by atoms with Crippen LogP contribution in [-0.2, 0) is 11.8 Å². The van der Waals surface area contributed by atoms with Gasteiger partial charge in [0, 0.05) is 32.3 Å². The Bertz CT molecular complexity index is 722. The Balaban J connectivity index is 1.46. The summed E-state index contributed by atoms with van der Waals surface area (Å²) in [5.41, 5.74) is 2.05. The van der Waals surface area contributed by atoms with Crippen LogP contribution in [0.5, 0.6) is 5.75 Å². The van der Waals surface area contributed by atoms with Crippen molar-refractivity contribution < 1.29 is 9.53 Å². The molecule has 2 aromatic rings. The first kappa shape index (κ1) is 18.5. The zero-order valence-electron chi connectivity index (χ0n) is 15.6. The SMILES string of the molecule is CN(CCOc1c[c]cc(-c2cnn(C)c2)c1)C(=O)CC1CCNCC1. The van der Waals surface area contributed by atoms with Crippen molar-refractivity contribution in [1.82, 2.24) is 20.0 Å². The van der Waals surface area contributed by atoms with E-state index in [1.165, 1.54) is 0 Å². The van der Waals surface area contributed by atoms with Gasteiger partial charge in [-0.25, -0.2) is 0 Å². The molecule has 0 saturated carbocycles. The topological polar surface area (TPSA) is 59.4 Å². The van der Waals surface area contributed by atoms with Gasteiger partial charge in [-0.15, -0.1) is 0 Å². The normalized spacial score (nSPS) is 15.0. The number of carbonyl (C=O) groups is 1.